The minimum atomic E-state index is -4.08. The number of nitrogens with one attached hydrogen (secondary N) is 2. The number of amides is 2. The second-order valence-electron chi connectivity index (χ2n) is 11.1. The van der Waals surface area contributed by atoms with Crippen molar-refractivity contribution in [3.05, 3.63) is 119 Å². The number of nitrogens with zero attached hydrogens (tertiary/aromatic N) is 1. The van der Waals surface area contributed by atoms with Crippen molar-refractivity contribution in [1.82, 2.24) is 4.90 Å². The van der Waals surface area contributed by atoms with Gasteiger partial charge >= 0.3 is 6.03 Å². The van der Waals surface area contributed by atoms with E-state index in [4.69, 9.17) is 4.74 Å². The zero-order valence-electron chi connectivity index (χ0n) is 23.1. The number of ether oxygens (including phenoxy) is 1. The maximum absolute atomic E-state index is 14.8. The van der Waals surface area contributed by atoms with Crippen LogP contribution in [0.4, 0.5) is 20.6 Å². The number of sulfonamides is 1. The minimum absolute atomic E-state index is 0.0121. The van der Waals surface area contributed by atoms with Crippen molar-refractivity contribution in [3.8, 4) is 5.75 Å². The van der Waals surface area contributed by atoms with Crippen LogP contribution in [0.2, 0.25) is 0 Å². The summed E-state index contributed by atoms with van der Waals surface area (Å²) >= 11 is 0. The fraction of sp³-hybridized carbons (Fsp3) is 0.219. The van der Waals surface area contributed by atoms with Gasteiger partial charge in [-0.25, -0.2) is 17.6 Å². The molecule has 0 saturated carbocycles. The fourth-order valence-corrected chi connectivity index (χ4v) is 5.67. The Bertz CT molecular complexity index is 1670. The summed E-state index contributed by atoms with van der Waals surface area (Å²) in [7, 11) is -4.08. The molecule has 2 amide bonds. The highest BCUT2D eigenvalue weighted by atomic mass is 32.2. The van der Waals surface area contributed by atoms with Gasteiger partial charge in [-0.3, -0.25) is 4.72 Å². The summed E-state index contributed by atoms with van der Waals surface area (Å²) in [5, 5.41) is 2.91. The van der Waals surface area contributed by atoms with Crippen molar-refractivity contribution in [1.29, 1.82) is 0 Å². The molecule has 0 bridgehead atoms. The molecule has 5 rings (SSSR count). The number of hydrogen-bond donors (Lipinski definition) is 2. The van der Waals surface area contributed by atoms with Crippen LogP contribution < -0.4 is 14.8 Å². The first-order chi connectivity index (χ1) is 19.5. The molecule has 1 heterocycles. The van der Waals surface area contributed by atoms with Crippen LogP contribution >= 0.6 is 0 Å². The van der Waals surface area contributed by atoms with Crippen molar-refractivity contribution < 1.29 is 22.3 Å². The second kappa shape index (κ2) is 11.2. The van der Waals surface area contributed by atoms with Crippen molar-refractivity contribution in [2.45, 2.75) is 50.8 Å². The molecule has 1 aliphatic rings. The van der Waals surface area contributed by atoms with E-state index in [0.717, 1.165) is 22.8 Å². The number of urea groups is 1. The lowest BCUT2D eigenvalue weighted by atomic mass is 9.87. The average molecular weight is 574 g/mol. The lowest BCUT2D eigenvalue weighted by Crippen LogP contribution is -2.30. The van der Waals surface area contributed by atoms with Gasteiger partial charge in [-0.15, -0.1) is 0 Å². The van der Waals surface area contributed by atoms with Crippen molar-refractivity contribution in [2.75, 3.05) is 10.0 Å². The van der Waals surface area contributed by atoms with Gasteiger partial charge in [-0.2, -0.15) is 0 Å². The SMILES string of the molecule is CC(C)(C)c1ccc(NC(=O)N2Cc3ccc(S(=O)(=O)Nc4ccc(OCc5ccccc5)cc4F)cc3C2)cc1. The van der Waals surface area contributed by atoms with E-state index in [-0.39, 0.29) is 40.9 Å². The third-order valence-corrected chi connectivity index (χ3v) is 8.30. The third-order valence-electron chi connectivity index (χ3n) is 6.93. The van der Waals surface area contributed by atoms with Gasteiger partial charge in [0.25, 0.3) is 10.0 Å². The Morgan fingerprint density at radius 2 is 1.61 bits per heavy atom. The number of benzene rings is 4. The molecule has 0 saturated heterocycles. The molecule has 1 aliphatic heterocycles. The molecule has 0 fully saturated rings. The van der Waals surface area contributed by atoms with Gasteiger partial charge in [0.1, 0.15) is 12.4 Å². The molecule has 0 radical (unpaired) electrons. The average Bonchev–Trinajstić information content (AvgIpc) is 3.38. The molecule has 4 aromatic carbocycles. The maximum Gasteiger partial charge on any atom is 0.322 e. The Hall–Kier alpha value is -4.37. The summed E-state index contributed by atoms with van der Waals surface area (Å²) in [5.41, 5.74) is 4.18. The van der Waals surface area contributed by atoms with Crippen LogP contribution in [0.3, 0.4) is 0 Å². The molecule has 0 atom stereocenters. The van der Waals surface area contributed by atoms with E-state index in [2.05, 4.69) is 30.8 Å². The topological polar surface area (TPSA) is 87.7 Å². The predicted octanol–water partition coefficient (Wildman–Crippen LogP) is 7.05. The quantitative estimate of drug-likeness (QED) is 0.248. The first-order valence-corrected chi connectivity index (χ1v) is 14.7. The van der Waals surface area contributed by atoms with Crippen LogP contribution in [-0.2, 0) is 35.1 Å². The van der Waals surface area contributed by atoms with Crippen LogP contribution in [0.25, 0.3) is 0 Å². The van der Waals surface area contributed by atoms with Gasteiger partial charge in [0.15, 0.2) is 5.82 Å². The van der Waals surface area contributed by atoms with E-state index < -0.39 is 15.8 Å². The minimum Gasteiger partial charge on any atom is -0.489 e. The molecular formula is C32H32FN3O4S. The monoisotopic (exact) mass is 573 g/mol. The zero-order valence-corrected chi connectivity index (χ0v) is 24.0. The van der Waals surface area contributed by atoms with Gasteiger partial charge in [0.05, 0.1) is 10.6 Å². The Morgan fingerprint density at radius 3 is 2.29 bits per heavy atom. The fourth-order valence-electron chi connectivity index (χ4n) is 4.55. The molecule has 9 heteroatoms. The Kier molecular flexibility index (Phi) is 7.73. The van der Waals surface area contributed by atoms with Crippen molar-refractivity contribution >= 4 is 27.4 Å². The summed E-state index contributed by atoms with van der Waals surface area (Å²) < 4.78 is 48.9. The summed E-state index contributed by atoms with van der Waals surface area (Å²) in [6, 6.07) is 25.6. The highest BCUT2D eigenvalue weighted by molar-refractivity contribution is 7.92. The zero-order chi connectivity index (χ0) is 29.2. The summed E-state index contributed by atoms with van der Waals surface area (Å²) in [6.45, 7) is 7.25. The van der Waals surface area contributed by atoms with Crippen LogP contribution in [0.15, 0.2) is 95.9 Å². The molecule has 212 valence electrons. The highest BCUT2D eigenvalue weighted by Gasteiger charge is 2.26. The Morgan fingerprint density at radius 1 is 0.902 bits per heavy atom. The molecule has 0 spiro atoms. The van der Waals surface area contributed by atoms with Crippen LogP contribution in [-0.4, -0.2) is 19.3 Å². The van der Waals surface area contributed by atoms with Crippen molar-refractivity contribution in [2.24, 2.45) is 0 Å². The molecule has 0 unspecified atom stereocenters. The highest BCUT2D eigenvalue weighted by Crippen LogP contribution is 2.29. The van der Waals surface area contributed by atoms with Crippen LogP contribution in [0.5, 0.6) is 5.75 Å². The van der Waals surface area contributed by atoms with E-state index in [1.165, 1.54) is 29.8 Å². The lowest BCUT2D eigenvalue weighted by Gasteiger charge is -2.20. The molecule has 4 aromatic rings. The molecule has 0 aromatic heterocycles. The van der Waals surface area contributed by atoms with E-state index >= 15 is 0 Å². The van der Waals surface area contributed by atoms with Gasteiger partial charge in [-0.1, -0.05) is 69.3 Å². The lowest BCUT2D eigenvalue weighted by molar-refractivity contribution is 0.212. The van der Waals surface area contributed by atoms with Gasteiger partial charge < -0.3 is 15.0 Å². The standard InChI is InChI=1S/C32H32FN3O4S/c1-32(2,3)25-10-12-26(13-11-25)34-31(37)36-19-23-9-15-28(17-24(23)20-36)41(38,39)35-30-16-14-27(18-29(30)33)40-21-22-7-5-4-6-8-22/h4-18,35H,19-21H2,1-3H3,(H,34,37). The molecule has 41 heavy (non-hydrogen) atoms. The normalized spacial score (nSPS) is 13.0. The number of rotatable bonds is 7. The molecule has 0 aliphatic carbocycles. The molecule has 2 N–H and O–H groups in total. The first kappa shape index (κ1) is 28.2. The van der Waals surface area contributed by atoms with Crippen LogP contribution in [0.1, 0.15) is 43.0 Å². The largest absolute Gasteiger partial charge is 0.489 e. The number of halogens is 1. The first-order valence-electron chi connectivity index (χ1n) is 13.3. The number of carbonyl (C=O) groups excluding carboxylic acids is 1. The number of carbonyl (C=O) groups is 1. The second-order valence-corrected chi connectivity index (χ2v) is 12.7. The van der Waals surface area contributed by atoms with E-state index in [0.29, 0.717) is 12.2 Å². The Labute approximate surface area is 240 Å². The summed E-state index contributed by atoms with van der Waals surface area (Å²) in [4.78, 5) is 14.5. The summed E-state index contributed by atoms with van der Waals surface area (Å²) in [5.74, 6) is -0.464. The van der Waals surface area contributed by atoms with E-state index in [9.17, 15) is 17.6 Å². The third kappa shape index (κ3) is 6.69. The predicted molar refractivity (Wildman–Crippen MR) is 158 cm³/mol. The van der Waals surface area contributed by atoms with Gasteiger partial charge in [-0.05, 0) is 64.1 Å². The van der Waals surface area contributed by atoms with Crippen LogP contribution in [0, 0.1) is 5.82 Å². The molecular weight excluding hydrogens is 541 g/mol. The maximum atomic E-state index is 14.8. The van der Waals surface area contributed by atoms with Gasteiger partial charge in [0, 0.05) is 24.8 Å². The summed E-state index contributed by atoms with van der Waals surface area (Å²) in [6.07, 6.45) is 0. The van der Waals surface area contributed by atoms with E-state index in [1.54, 1.807) is 11.0 Å². The van der Waals surface area contributed by atoms with E-state index in [1.807, 2.05) is 54.6 Å². The Balaban J connectivity index is 1.22. The number of fused-ring (bicyclic) bond motifs is 1. The number of anilines is 2. The molecule has 7 nitrogen and oxygen atoms in total. The van der Waals surface area contributed by atoms with Crippen molar-refractivity contribution in [3.63, 3.8) is 0 Å². The van der Waals surface area contributed by atoms with Gasteiger partial charge in [0.2, 0.25) is 0 Å². The smallest absolute Gasteiger partial charge is 0.322 e. The number of hydrogen-bond acceptors (Lipinski definition) is 4.